The molecule has 0 unspecified atom stereocenters. The molecule has 0 saturated heterocycles. The summed E-state index contributed by atoms with van der Waals surface area (Å²) in [5, 5.41) is 3.20. The van der Waals surface area contributed by atoms with Crippen LogP contribution in [0.25, 0.3) is 11.3 Å². The molecule has 0 radical (unpaired) electrons. The number of aromatic nitrogens is 2. The van der Waals surface area contributed by atoms with Gasteiger partial charge >= 0.3 is 0 Å². The van der Waals surface area contributed by atoms with E-state index in [1.807, 2.05) is 42.6 Å². The number of rotatable bonds is 2. The number of nitrogens with zero attached hydrogens (tertiary/aromatic N) is 2. The van der Waals surface area contributed by atoms with E-state index in [-0.39, 0.29) is 5.82 Å². The Labute approximate surface area is 134 Å². The molecule has 1 aromatic heterocycles. The summed E-state index contributed by atoms with van der Waals surface area (Å²) in [6.07, 6.45) is 4.73. The largest absolute Gasteiger partial charge is 0.324 e. The molecule has 0 amide bonds. The average molecular weight is 305 g/mol. The Morgan fingerprint density at radius 1 is 0.957 bits per heavy atom. The molecule has 0 spiro atoms. The van der Waals surface area contributed by atoms with E-state index in [4.69, 9.17) is 0 Å². The van der Waals surface area contributed by atoms with Crippen molar-refractivity contribution >= 4 is 11.6 Å². The molecule has 1 aliphatic carbocycles. The quantitative estimate of drug-likeness (QED) is 0.756. The number of anilines is 2. The molecule has 3 nitrogen and oxygen atoms in total. The molecule has 1 aliphatic rings. The van der Waals surface area contributed by atoms with Gasteiger partial charge in [-0.3, -0.25) is 0 Å². The third-order valence-electron chi connectivity index (χ3n) is 4.11. The molecule has 23 heavy (non-hydrogen) atoms. The third-order valence-corrected chi connectivity index (χ3v) is 4.11. The number of fused-ring (bicyclic) bond motifs is 3. The number of benzene rings is 2. The van der Waals surface area contributed by atoms with Gasteiger partial charge < -0.3 is 5.32 Å². The van der Waals surface area contributed by atoms with Crippen molar-refractivity contribution in [1.82, 2.24) is 9.97 Å². The van der Waals surface area contributed by atoms with Gasteiger partial charge in [0.25, 0.3) is 0 Å². The van der Waals surface area contributed by atoms with Crippen LogP contribution in [0.4, 0.5) is 16.0 Å². The van der Waals surface area contributed by atoms with Crippen molar-refractivity contribution in [3.05, 3.63) is 71.7 Å². The normalized spacial score (nSPS) is 12.9. The van der Waals surface area contributed by atoms with Crippen LogP contribution >= 0.6 is 0 Å². The Morgan fingerprint density at radius 3 is 2.65 bits per heavy atom. The standard InChI is InChI=1S/C19H16FN3/c20-15-10-9-13-5-4-6-14-12-21-19(23-18(14)17(13)11-15)22-16-7-2-1-3-8-16/h1-3,7-12H,4-6H2,(H,21,22,23). The van der Waals surface area contributed by atoms with Crippen LogP contribution in [-0.2, 0) is 12.8 Å². The lowest BCUT2D eigenvalue weighted by atomic mass is 10.0. The minimum atomic E-state index is -0.229. The number of halogens is 1. The Morgan fingerprint density at radius 2 is 1.78 bits per heavy atom. The van der Waals surface area contributed by atoms with Crippen LogP contribution in [0.2, 0.25) is 0 Å². The van der Waals surface area contributed by atoms with Crippen LogP contribution in [0.3, 0.4) is 0 Å². The summed E-state index contributed by atoms with van der Waals surface area (Å²) >= 11 is 0. The van der Waals surface area contributed by atoms with Crippen LogP contribution in [0.15, 0.2) is 54.7 Å². The molecular weight excluding hydrogens is 289 g/mol. The first-order valence-corrected chi connectivity index (χ1v) is 7.76. The summed E-state index contributed by atoms with van der Waals surface area (Å²) in [6.45, 7) is 0. The molecule has 0 saturated carbocycles. The fourth-order valence-corrected chi connectivity index (χ4v) is 2.99. The van der Waals surface area contributed by atoms with Crippen molar-refractivity contribution in [2.45, 2.75) is 19.3 Å². The maximum atomic E-state index is 13.7. The molecule has 114 valence electrons. The molecule has 4 heteroatoms. The molecule has 0 aliphatic heterocycles. The van der Waals surface area contributed by atoms with Gasteiger partial charge in [0.05, 0.1) is 5.69 Å². The fraction of sp³-hybridized carbons (Fsp3) is 0.158. The van der Waals surface area contributed by atoms with Crippen molar-refractivity contribution in [1.29, 1.82) is 0 Å². The number of para-hydroxylation sites is 1. The minimum Gasteiger partial charge on any atom is -0.324 e. The highest BCUT2D eigenvalue weighted by Crippen LogP contribution is 2.32. The van der Waals surface area contributed by atoms with Crippen molar-refractivity contribution in [2.75, 3.05) is 5.32 Å². The number of aryl methyl sites for hydroxylation is 2. The van der Waals surface area contributed by atoms with Gasteiger partial charge in [0, 0.05) is 17.4 Å². The summed E-state index contributed by atoms with van der Waals surface area (Å²) in [5.41, 5.74) is 4.88. The average Bonchev–Trinajstić information content (AvgIpc) is 2.75. The summed E-state index contributed by atoms with van der Waals surface area (Å²) in [7, 11) is 0. The summed E-state index contributed by atoms with van der Waals surface area (Å²) < 4.78 is 13.7. The summed E-state index contributed by atoms with van der Waals surface area (Å²) in [5.74, 6) is 0.305. The Hall–Kier alpha value is -2.75. The van der Waals surface area contributed by atoms with Gasteiger partial charge in [0.1, 0.15) is 5.82 Å². The van der Waals surface area contributed by atoms with Gasteiger partial charge in [0.15, 0.2) is 0 Å². The highest BCUT2D eigenvalue weighted by molar-refractivity contribution is 5.69. The molecule has 1 heterocycles. The zero-order valence-corrected chi connectivity index (χ0v) is 12.6. The molecule has 0 bridgehead atoms. The highest BCUT2D eigenvalue weighted by atomic mass is 19.1. The maximum Gasteiger partial charge on any atom is 0.227 e. The Balaban J connectivity index is 1.78. The summed E-state index contributed by atoms with van der Waals surface area (Å²) in [4.78, 5) is 9.07. The molecule has 1 N–H and O–H groups in total. The van der Waals surface area contributed by atoms with E-state index in [1.54, 1.807) is 6.07 Å². The topological polar surface area (TPSA) is 37.8 Å². The highest BCUT2D eigenvalue weighted by Gasteiger charge is 2.17. The predicted molar refractivity (Wildman–Crippen MR) is 89.2 cm³/mol. The second-order valence-corrected chi connectivity index (χ2v) is 5.71. The number of hydrogen-bond donors (Lipinski definition) is 1. The van der Waals surface area contributed by atoms with Crippen molar-refractivity contribution in [3.8, 4) is 11.3 Å². The van der Waals surface area contributed by atoms with E-state index < -0.39 is 0 Å². The van der Waals surface area contributed by atoms with E-state index in [2.05, 4.69) is 15.3 Å². The first-order chi connectivity index (χ1) is 11.3. The molecular formula is C19H16FN3. The van der Waals surface area contributed by atoms with E-state index in [9.17, 15) is 4.39 Å². The fourth-order valence-electron chi connectivity index (χ4n) is 2.99. The molecule has 3 aromatic rings. The first-order valence-electron chi connectivity index (χ1n) is 7.76. The Bertz CT molecular complexity index is 846. The number of nitrogens with one attached hydrogen (secondary N) is 1. The smallest absolute Gasteiger partial charge is 0.227 e. The van der Waals surface area contributed by atoms with Crippen LogP contribution in [0, 0.1) is 5.82 Å². The van der Waals surface area contributed by atoms with Gasteiger partial charge in [-0.15, -0.1) is 0 Å². The van der Waals surface area contributed by atoms with Gasteiger partial charge in [0.2, 0.25) is 5.95 Å². The SMILES string of the molecule is Fc1ccc2c(c1)-c1nc(Nc3ccccc3)ncc1CCC2. The zero-order chi connectivity index (χ0) is 15.6. The molecule has 4 rings (SSSR count). The zero-order valence-electron chi connectivity index (χ0n) is 12.6. The van der Waals surface area contributed by atoms with Crippen LogP contribution in [0.1, 0.15) is 17.5 Å². The van der Waals surface area contributed by atoms with E-state index >= 15 is 0 Å². The van der Waals surface area contributed by atoms with E-state index in [1.165, 1.54) is 6.07 Å². The van der Waals surface area contributed by atoms with Gasteiger partial charge in [-0.25, -0.2) is 14.4 Å². The Kier molecular flexibility index (Phi) is 3.50. The maximum absolute atomic E-state index is 13.7. The second kappa shape index (κ2) is 5.80. The van der Waals surface area contributed by atoms with Crippen LogP contribution < -0.4 is 5.32 Å². The molecule has 0 fully saturated rings. The molecule has 2 aromatic carbocycles. The van der Waals surface area contributed by atoms with Crippen LogP contribution in [0.5, 0.6) is 0 Å². The number of hydrogen-bond acceptors (Lipinski definition) is 3. The lowest BCUT2D eigenvalue weighted by Gasteiger charge is -2.11. The predicted octanol–water partition coefficient (Wildman–Crippen LogP) is 4.52. The first kappa shape index (κ1) is 13.9. The monoisotopic (exact) mass is 305 g/mol. The van der Waals surface area contributed by atoms with Crippen molar-refractivity contribution in [2.24, 2.45) is 0 Å². The lowest BCUT2D eigenvalue weighted by Crippen LogP contribution is -2.01. The van der Waals surface area contributed by atoms with E-state index in [0.717, 1.165) is 47.3 Å². The van der Waals surface area contributed by atoms with Crippen molar-refractivity contribution in [3.63, 3.8) is 0 Å². The lowest BCUT2D eigenvalue weighted by molar-refractivity contribution is 0.627. The summed E-state index contributed by atoms with van der Waals surface area (Å²) in [6, 6.07) is 14.8. The van der Waals surface area contributed by atoms with Gasteiger partial charge in [-0.1, -0.05) is 24.3 Å². The van der Waals surface area contributed by atoms with Gasteiger partial charge in [-0.05, 0) is 54.7 Å². The van der Waals surface area contributed by atoms with Crippen molar-refractivity contribution < 1.29 is 4.39 Å². The third kappa shape index (κ3) is 2.80. The second-order valence-electron chi connectivity index (χ2n) is 5.71. The van der Waals surface area contributed by atoms with Crippen LogP contribution in [-0.4, -0.2) is 9.97 Å². The van der Waals surface area contributed by atoms with E-state index in [0.29, 0.717) is 5.95 Å². The van der Waals surface area contributed by atoms with Gasteiger partial charge in [-0.2, -0.15) is 0 Å². The minimum absolute atomic E-state index is 0.229. The molecule has 0 atom stereocenters.